The first-order valence-electron chi connectivity index (χ1n) is 21.9. The van der Waals surface area contributed by atoms with Crippen LogP contribution in [0.2, 0.25) is 0 Å². The maximum absolute atomic E-state index is 14.3. The topological polar surface area (TPSA) is 237 Å². The molecule has 350 valence electrons. The molecule has 8 rings (SSSR count). The highest BCUT2D eigenvalue weighted by atomic mass is 32.2. The summed E-state index contributed by atoms with van der Waals surface area (Å²) in [5, 5.41) is 28.9. The number of carbonyl (C=O) groups is 3. The lowest BCUT2D eigenvalue weighted by molar-refractivity contribution is 0.0535. The number of rotatable bonds is 14. The molecule has 2 aromatic heterocycles. The number of H-pyrrole nitrogens is 1. The van der Waals surface area contributed by atoms with Crippen molar-refractivity contribution in [2.45, 2.75) is 48.6 Å². The van der Waals surface area contributed by atoms with Crippen molar-refractivity contribution in [1.29, 1.82) is 0 Å². The number of fused-ring (bicyclic) bond motifs is 2. The molecule has 7 N–H and O–H groups in total. The summed E-state index contributed by atoms with van der Waals surface area (Å²) in [5.74, 6) is -0.846. The highest BCUT2D eigenvalue weighted by Gasteiger charge is 2.29. The highest BCUT2D eigenvalue weighted by Crippen LogP contribution is 2.35. The van der Waals surface area contributed by atoms with Crippen LogP contribution < -0.4 is 26.7 Å². The molecule has 1 aliphatic heterocycles. The van der Waals surface area contributed by atoms with E-state index in [0.29, 0.717) is 50.8 Å². The summed E-state index contributed by atoms with van der Waals surface area (Å²) in [4.78, 5) is 62.3. The van der Waals surface area contributed by atoms with Crippen molar-refractivity contribution in [3.8, 4) is 11.5 Å². The summed E-state index contributed by atoms with van der Waals surface area (Å²) in [7, 11) is -2.69. The average Bonchev–Trinajstić information content (AvgIpc) is 3.33. The summed E-state index contributed by atoms with van der Waals surface area (Å²) in [5.41, 5.74) is 9.16. The number of benzene rings is 5. The Morgan fingerprint density at radius 1 is 0.853 bits per heavy atom. The van der Waals surface area contributed by atoms with Crippen molar-refractivity contribution in [1.82, 2.24) is 25.1 Å². The van der Waals surface area contributed by atoms with Crippen molar-refractivity contribution < 1.29 is 37.8 Å². The maximum Gasteiger partial charge on any atom is 0.254 e. The summed E-state index contributed by atoms with van der Waals surface area (Å²) in [6, 6.07) is 29.1. The fourth-order valence-corrected chi connectivity index (χ4v) is 10.0. The van der Waals surface area contributed by atoms with Crippen molar-refractivity contribution in [2.24, 2.45) is 5.73 Å². The Morgan fingerprint density at radius 3 is 2.22 bits per heavy atom. The number of aromatic nitrogens is 2. The number of ether oxygens (including phenoxy) is 1. The van der Waals surface area contributed by atoms with Gasteiger partial charge in [0.15, 0.2) is 0 Å². The van der Waals surface area contributed by atoms with Crippen molar-refractivity contribution in [3.63, 3.8) is 0 Å². The van der Waals surface area contributed by atoms with Gasteiger partial charge in [-0.3, -0.25) is 24.2 Å². The van der Waals surface area contributed by atoms with Crippen LogP contribution in [0.1, 0.15) is 67.7 Å². The maximum atomic E-state index is 14.3. The molecule has 1 aliphatic rings. The summed E-state index contributed by atoms with van der Waals surface area (Å²) >= 11 is 0. The molecule has 3 amide bonds. The minimum atomic E-state index is -4.22. The number of piperazine rings is 1. The number of carbonyl (C=O) groups excluding carboxylic acids is 3. The number of sulfone groups is 1. The molecule has 16 nitrogen and oxygen atoms in total. The fourth-order valence-electron chi connectivity index (χ4n) is 8.60. The number of hydrogen-bond acceptors (Lipinski definition) is 12. The Morgan fingerprint density at radius 2 is 1.53 bits per heavy atom. The van der Waals surface area contributed by atoms with Crippen molar-refractivity contribution in [2.75, 3.05) is 45.2 Å². The molecule has 0 radical (unpaired) electrons. The second-order valence-corrected chi connectivity index (χ2v) is 19.4. The third kappa shape index (κ3) is 9.76. The van der Waals surface area contributed by atoms with E-state index in [1.807, 2.05) is 32.0 Å². The van der Waals surface area contributed by atoms with Gasteiger partial charge in [0.1, 0.15) is 11.5 Å². The molecule has 1 atom stereocenters. The van der Waals surface area contributed by atoms with Gasteiger partial charge in [0.2, 0.25) is 15.4 Å². The van der Waals surface area contributed by atoms with E-state index in [2.05, 4.69) is 20.6 Å². The average molecular weight is 938 g/mol. The first kappa shape index (κ1) is 46.9. The molecule has 17 heteroatoms. The lowest BCUT2D eigenvalue weighted by atomic mass is 9.93. The molecule has 1 unspecified atom stereocenters. The minimum absolute atomic E-state index is 0.0585. The van der Waals surface area contributed by atoms with Crippen LogP contribution >= 0.6 is 0 Å². The third-order valence-electron chi connectivity index (χ3n) is 12.2. The first-order valence-corrected chi connectivity index (χ1v) is 23.4. The number of amides is 3. The number of aromatic hydroxyl groups is 1. The van der Waals surface area contributed by atoms with Gasteiger partial charge in [-0.25, -0.2) is 8.42 Å². The van der Waals surface area contributed by atoms with Gasteiger partial charge in [-0.15, -0.1) is 0 Å². The molecule has 68 heavy (non-hydrogen) atoms. The molecular weight excluding hydrogens is 887 g/mol. The quantitative estimate of drug-likeness (QED) is 0.0735. The fraction of sp³-hybridized carbons (Fsp3) is 0.235. The Balaban J connectivity index is 0.923. The third-order valence-corrected chi connectivity index (χ3v) is 13.9. The van der Waals surface area contributed by atoms with Gasteiger partial charge in [-0.05, 0) is 111 Å². The Hall–Kier alpha value is -7.60. The van der Waals surface area contributed by atoms with Gasteiger partial charge in [-0.1, -0.05) is 30.3 Å². The summed E-state index contributed by atoms with van der Waals surface area (Å²) < 4.78 is 34.0. The van der Waals surface area contributed by atoms with E-state index < -0.39 is 27.4 Å². The Kier molecular flexibility index (Phi) is 13.1. The lowest BCUT2D eigenvalue weighted by Crippen LogP contribution is -2.50. The number of hydrogen-bond donors (Lipinski definition) is 6. The van der Waals surface area contributed by atoms with Gasteiger partial charge in [0, 0.05) is 84.2 Å². The monoisotopic (exact) mass is 937 g/mol. The Bertz CT molecular complexity index is 3290. The molecule has 5 aromatic carbocycles. The molecule has 3 heterocycles. The zero-order valence-electron chi connectivity index (χ0n) is 37.9. The summed E-state index contributed by atoms with van der Waals surface area (Å²) in [6.07, 6.45) is 0.934. The largest absolute Gasteiger partial charge is 0.506 e. The number of β-amino-alcohol motifs (C(OH)–C–C–N with tert-alkyl or cyclic N) is 1. The van der Waals surface area contributed by atoms with Crippen LogP contribution in [0.25, 0.3) is 21.8 Å². The number of aliphatic hydroxyl groups is 1. The van der Waals surface area contributed by atoms with E-state index in [0.717, 1.165) is 5.56 Å². The van der Waals surface area contributed by atoms with Crippen LogP contribution in [0.4, 0.5) is 11.4 Å². The number of aryl methyl sites for hydroxylation is 1. The zero-order valence-corrected chi connectivity index (χ0v) is 38.7. The predicted molar refractivity (Wildman–Crippen MR) is 258 cm³/mol. The molecule has 7 aromatic rings. The van der Waals surface area contributed by atoms with E-state index in [4.69, 9.17) is 10.5 Å². The second kappa shape index (κ2) is 18.9. The molecule has 1 fully saturated rings. The molecule has 0 spiro atoms. The number of methoxy groups -OCH3 is 1. The minimum Gasteiger partial charge on any atom is -0.506 e. The van der Waals surface area contributed by atoms with E-state index in [-0.39, 0.29) is 88.0 Å². The van der Waals surface area contributed by atoms with Crippen LogP contribution in [0.5, 0.6) is 11.5 Å². The van der Waals surface area contributed by atoms with Crippen LogP contribution in [0.15, 0.2) is 130 Å². The number of phenols is 1. The van der Waals surface area contributed by atoms with Gasteiger partial charge in [0.25, 0.3) is 17.7 Å². The normalized spacial score (nSPS) is 13.7. The Labute approximate surface area is 392 Å². The number of nitrogens with zero attached hydrogens (tertiary/aromatic N) is 3. The molecule has 0 aliphatic carbocycles. The number of primary amides is 1. The SMILES string of the molecule is COc1cccc(Nc2c(C(N)=O)cnc3c(C)cc(S(=O)(=O)c4cccc(C(=O)N5CCN(C(=O)c6cccc(CC(C)(C)NCC(O)c7ccc(O)c8[nH]c(=O)ccc78)c6)CC5)c4)cc23)c1. The molecule has 0 saturated carbocycles. The smallest absolute Gasteiger partial charge is 0.254 e. The van der Waals surface area contributed by atoms with Crippen LogP contribution in [-0.2, 0) is 16.3 Å². The van der Waals surface area contributed by atoms with E-state index >= 15 is 0 Å². The number of phenolic OH excluding ortho intramolecular Hbond substituents is 1. The van der Waals surface area contributed by atoms with Gasteiger partial charge >= 0.3 is 0 Å². The predicted octanol–water partition coefficient (Wildman–Crippen LogP) is 6.02. The van der Waals surface area contributed by atoms with Crippen molar-refractivity contribution >= 4 is 60.7 Å². The number of aliphatic hydroxyl groups excluding tert-OH is 1. The molecular formula is C51H51N7O9S. The molecule has 1 saturated heterocycles. The van der Waals surface area contributed by atoms with Crippen molar-refractivity contribution in [3.05, 3.63) is 159 Å². The molecule has 0 bridgehead atoms. The standard InChI is InChI=1S/C51H51N7O9S/c1-30-22-37(26-40-45(30)53-28-41(48(52)62)46(40)55-34-11-7-12-35(25-34)67-4)68(65,66)36-13-6-10-33(24-36)50(64)58-20-18-57(19-21-58)49(63)32-9-5-8-31(23-32)27-51(2,3)54-29-43(60)38-14-16-42(59)47-39(38)15-17-44(61)56-47/h5-17,22-26,28,43,54,59-60H,18-21,27,29H2,1-4H3,(H2,52,62)(H,53,55)(H,56,61). The number of pyridine rings is 2. The van der Waals surface area contributed by atoms with Crippen LogP contribution in [0.3, 0.4) is 0 Å². The number of anilines is 2. The van der Waals surface area contributed by atoms with E-state index in [1.54, 1.807) is 65.3 Å². The van der Waals surface area contributed by atoms with Gasteiger partial charge in [-0.2, -0.15) is 0 Å². The number of nitrogens with one attached hydrogen (secondary N) is 3. The van der Waals surface area contributed by atoms with E-state index in [9.17, 15) is 37.8 Å². The van der Waals surface area contributed by atoms with Gasteiger partial charge in [0.05, 0.1) is 45.3 Å². The second-order valence-electron chi connectivity index (χ2n) is 17.5. The highest BCUT2D eigenvalue weighted by molar-refractivity contribution is 7.91. The summed E-state index contributed by atoms with van der Waals surface area (Å²) in [6.45, 7) is 6.88. The van der Waals surface area contributed by atoms with Gasteiger partial charge < -0.3 is 46.1 Å². The van der Waals surface area contributed by atoms with Crippen LogP contribution in [0, 0.1) is 6.92 Å². The lowest BCUT2D eigenvalue weighted by Gasteiger charge is -2.35. The number of aromatic amines is 1. The van der Waals surface area contributed by atoms with Crippen LogP contribution in [-0.4, -0.2) is 101 Å². The number of nitrogens with two attached hydrogens (primary N) is 1. The zero-order chi connectivity index (χ0) is 48.5. The van der Waals surface area contributed by atoms with E-state index in [1.165, 1.54) is 55.8 Å². The first-order chi connectivity index (χ1) is 32.4.